The summed E-state index contributed by atoms with van der Waals surface area (Å²) in [5.74, 6) is -0.870. The van der Waals surface area contributed by atoms with Crippen molar-refractivity contribution in [3.05, 3.63) is 71.3 Å². The molecule has 0 amide bonds. The largest absolute Gasteiger partial charge is 0.463 e. The maximum atomic E-state index is 12.6. The second-order valence-corrected chi connectivity index (χ2v) is 6.02. The lowest BCUT2D eigenvalue weighted by atomic mass is 9.96. The number of carbonyl (C=O) groups excluding carboxylic acids is 2. The lowest BCUT2D eigenvalue weighted by Gasteiger charge is -2.13. The Hall–Kier alpha value is -2.50. The third-order valence-electron chi connectivity index (χ3n) is 4.09. The number of carbonyl (C=O) groups is 2. The predicted molar refractivity (Wildman–Crippen MR) is 103 cm³/mol. The second-order valence-electron chi connectivity index (χ2n) is 6.02. The SMILES string of the molecule is CCOCCOCCOC(=O)[C@@H](C)c1cccc(C(=O)c2ccccc2)c1. The van der Waals surface area contributed by atoms with Gasteiger partial charge in [-0.3, -0.25) is 9.59 Å². The van der Waals surface area contributed by atoms with Crippen LogP contribution in [0.3, 0.4) is 0 Å². The molecule has 2 aromatic carbocycles. The normalized spacial score (nSPS) is 11.8. The van der Waals surface area contributed by atoms with E-state index in [1.165, 1.54) is 0 Å². The van der Waals surface area contributed by atoms with Gasteiger partial charge in [-0.2, -0.15) is 0 Å². The Balaban J connectivity index is 1.88. The topological polar surface area (TPSA) is 61.8 Å². The molecular weight excluding hydrogens is 344 g/mol. The minimum absolute atomic E-state index is 0.0688. The van der Waals surface area contributed by atoms with Gasteiger partial charge in [0.2, 0.25) is 0 Å². The molecule has 2 aromatic rings. The molecule has 0 aliphatic rings. The van der Waals surface area contributed by atoms with Crippen molar-refractivity contribution in [1.82, 2.24) is 0 Å². The molecule has 27 heavy (non-hydrogen) atoms. The van der Waals surface area contributed by atoms with Gasteiger partial charge in [0, 0.05) is 17.7 Å². The van der Waals surface area contributed by atoms with E-state index in [-0.39, 0.29) is 18.4 Å². The zero-order chi connectivity index (χ0) is 19.5. The molecular formula is C22H26O5. The van der Waals surface area contributed by atoms with Gasteiger partial charge in [-0.25, -0.2) is 0 Å². The summed E-state index contributed by atoms with van der Waals surface area (Å²) in [5.41, 5.74) is 1.92. The summed E-state index contributed by atoms with van der Waals surface area (Å²) >= 11 is 0. The number of ketones is 1. The highest BCUT2D eigenvalue weighted by atomic mass is 16.6. The van der Waals surface area contributed by atoms with Crippen LogP contribution in [-0.4, -0.2) is 44.8 Å². The van der Waals surface area contributed by atoms with E-state index < -0.39 is 5.92 Å². The molecule has 0 fully saturated rings. The molecule has 0 saturated heterocycles. The molecule has 0 spiro atoms. The molecule has 5 nitrogen and oxygen atoms in total. The predicted octanol–water partition coefficient (Wildman–Crippen LogP) is 3.62. The summed E-state index contributed by atoms with van der Waals surface area (Å²) in [7, 11) is 0. The highest BCUT2D eigenvalue weighted by Crippen LogP contribution is 2.20. The van der Waals surface area contributed by atoms with Gasteiger partial charge in [-0.15, -0.1) is 0 Å². The molecule has 5 heteroatoms. The molecule has 0 saturated carbocycles. The first-order chi connectivity index (χ1) is 13.1. The fourth-order valence-electron chi connectivity index (χ4n) is 2.53. The summed E-state index contributed by atoms with van der Waals surface area (Å²) < 4.78 is 15.7. The monoisotopic (exact) mass is 370 g/mol. The van der Waals surface area contributed by atoms with Crippen molar-refractivity contribution < 1.29 is 23.8 Å². The van der Waals surface area contributed by atoms with Gasteiger partial charge >= 0.3 is 5.97 Å². The maximum absolute atomic E-state index is 12.6. The van der Waals surface area contributed by atoms with Crippen molar-refractivity contribution in [2.45, 2.75) is 19.8 Å². The van der Waals surface area contributed by atoms with Crippen LogP contribution in [0.2, 0.25) is 0 Å². The van der Waals surface area contributed by atoms with Crippen molar-refractivity contribution in [3.8, 4) is 0 Å². The Morgan fingerprint density at radius 2 is 1.52 bits per heavy atom. The number of rotatable bonds is 11. The number of hydrogen-bond acceptors (Lipinski definition) is 5. The van der Waals surface area contributed by atoms with Gasteiger partial charge in [0.05, 0.1) is 25.7 Å². The van der Waals surface area contributed by atoms with E-state index in [0.29, 0.717) is 37.6 Å². The number of hydrogen-bond donors (Lipinski definition) is 0. The summed E-state index contributed by atoms with van der Waals surface area (Å²) in [6.07, 6.45) is 0. The number of esters is 1. The van der Waals surface area contributed by atoms with E-state index in [2.05, 4.69) is 0 Å². The Morgan fingerprint density at radius 3 is 2.26 bits per heavy atom. The fraction of sp³-hybridized carbons (Fsp3) is 0.364. The van der Waals surface area contributed by atoms with Crippen molar-refractivity contribution in [2.24, 2.45) is 0 Å². The van der Waals surface area contributed by atoms with Crippen LogP contribution in [0.5, 0.6) is 0 Å². The van der Waals surface area contributed by atoms with Crippen LogP contribution in [0, 0.1) is 0 Å². The van der Waals surface area contributed by atoms with E-state index in [1.54, 1.807) is 37.3 Å². The maximum Gasteiger partial charge on any atom is 0.313 e. The quantitative estimate of drug-likeness (QED) is 0.343. The van der Waals surface area contributed by atoms with E-state index in [0.717, 1.165) is 5.56 Å². The summed E-state index contributed by atoms with van der Waals surface area (Å²) in [5, 5.41) is 0. The molecule has 0 heterocycles. The minimum Gasteiger partial charge on any atom is -0.463 e. The first kappa shape index (κ1) is 20.8. The van der Waals surface area contributed by atoms with Gasteiger partial charge in [0.1, 0.15) is 6.61 Å². The minimum atomic E-state index is -0.461. The van der Waals surface area contributed by atoms with Crippen molar-refractivity contribution in [3.63, 3.8) is 0 Å². The highest BCUT2D eigenvalue weighted by molar-refractivity contribution is 6.09. The molecule has 1 atom stereocenters. The number of benzene rings is 2. The molecule has 0 aromatic heterocycles. The van der Waals surface area contributed by atoms with Gasteiger partial charge in [0.25, 0.3) is 0 Å². The van der Waals surface area contributed by atoms with Gasteiger partial charge in [-0.1, -0.05) is 48.5 Å². The van der Waals surface area contributed by atoms with E-state index in [4.69, 9.17) is 14.2 Å². The molecule has 2 rings (SSSR count). The van der Waals surface area contributed by atoms with Crippen LogP contribution in [0.1, 0.15) is 41.3 Å². The molecule has 0 radical (unpaired) electrons. The van der Waals surface area contributed by atoms with Crippen LogP contribution in [0.4, 0.5) is 0 Å². The third-order valence-corrected chi connectivity index (χ3v) is 4.09. The van der Waals surface area contributed by atoms with Crippen LogP contribution in [0.25, 0.3) is 0 Å². The van der Waals surface area contributed by atoms with Crippen LogP contribution in [-0.2, 0) is 19.0 Å². The summed E-state index contributed by atoms with van der Waals surface area (Å²) in [6.45, 7) is 5.88. The molecule has 0 bridgehead atoms. The lowest BCUT2D eigenvalue weighted by Crippen LogP contribution is -2.17. The third kappa shape index (κ3) is 6.62. The number of ether oxygens (including phenoxy) is 3. The fourth-order valence-corrected chi connectivity index (χ4v) is 2.53. The molecule has 0 unspecified atom stereocenters. The van der Waals surface area contributed by atoms with Crippen LogP contribution >= 0.6 is 0 Å². The smallest absolute Gasteiger partial charge is 0.313 e. The van der Waals surface area contributed by atoms with Crippen LogP contribution < -0.4 is 0 Å². The average Bonchev–Trinajstić information content (AvgIpc) is 2.72. The van der Waals surface area contributed by atoms with Gasteiger partial charge in [0.15, 0.2) is 5.78 Å². The Kier molecular flexibility index (Phi) is 8.68. The lowest BCUT2D eigenvalue weighted by molar-refractivity contribution is -0.146. The van der Waals surface area contributed by atoms with E-state index in [1.807, 2.05) is 31.2 Å². The molecule has 0 aliphatic carbocycles. The van der Waals surface area contributed by atoms with E-state index >= 15 is 0 Å². The zero-order valence-corrected chi connectivity index (χ0v) is 15.9. The Bertz CT molecular complexity index is 726. The Labute approximate surface area is 160 Å². The van der Waals surface area contributed by atoms with Crippen molar-refractivity contribution in [1.29, 1.82) is 0 Å². The van der Waals surface area contributed by atoms with Crippen molar-refractivity contribution in [2.75, 3.05) is 33.0 Å². The van der Waals surface area contributed by atoms with E-state index in [9.17, 15) is 9.59 Å². The second kappa shape index (κ2) is 11.3. The van der Waals surface area contributed by atoms with Gasteiger partial charge in [-0.05, 0) is 25.5 Å². The van der Waals surface area contributed by atoms with Crippen LogP contribution in [0.15, 0.2) is 54.6 Å². The zero-order valence-electron chi connectivity index (χ0n) is 15.9. The highest BCUT2D eigenvalue weighted by Gasteiger charge is 2.18. The standard InChI is InChI=1S/C22H26O5/c1-3-25-12-13-26-14-15-27-22(24)17(2)19-10-7-11-20(16-19)21(23)18-8-5-4-6-9-18/h4-11,16-17H,3,12-15H2,1-2H3/t17-/m0/s1. The van der Waals surface area contributed by atoms with Gasteiger partial charge < -0.3 is 14.2 Å². The molecule has 0 N–H and O–H groups in total. The Morgan fingerprint density at radius 1 is 0.852 bits per heavy atom. The summed E-state index contributed by atoms with van der Waals surface area (Å²) in [6, 6.07) is 16.2. The summed E-state index contributed by atoms with van der Waals surface area (Å²) in [4.78, 5) is 24.8. The average molecular weight is 370 g/mol. The molecule has 144 valence electrons. The first-order valence-electron chi connectivity index (χ1n) is 9.15. The first-order valence-corrected chi connectivity index (χ1v) is 9.15. The molecule has 0 aliphatic heterocycles. The van der Waals surface area contributed by atoms with Crippen molar-refractivity contribution >= 4 is 11.8 Å².